The van der Waals surface area contributed by atoms with Gasteiger partial charge in [0, 0.05) is 6.42 Å². The summed E-state index contributed by atoms with van der Waals surface area (Å²) in [5.41, 5.74) is -1.46. The van der Waals surface area contributed by atoms with Gasteiger partial charge in [-0.05, 0) is 17.7 Å². The summed E-state index contributed by atoms with van der Waals surface area (Å²) in [6.07, 6.45) is 6.71. The molecule has 0 fully saturated rings. The summed E-state index contributed by atoms with van der Waals surface area (Å²) in [6, 6.07) is 0. The van der Waals surface area contributed by atoms with E-state index in [1.165, 1.54) is 6.08 Å². The Morgan fingerprint density at radius 1 is 1.60 bits per heavy atom. The number of hydrogen-bond donors (Lipinski definition) is 1. The fourth-order valence-electron chi connectivity index (χ4n) is 0.755. The van der Waals surface area contributed by atoms with Crippen LogP contribution in [-0.4, -0.2) is 16.0 Å². The highest BCUT2D eigenvalue weighted by molar-refractivity contribution is 6.65. The average molecular weight is 159 g/mol. The lowest BCUT2D eigenvalue weighted by Gasteiger charge is -2.19. The van der Waals surface area contributed by atoms with Crippen molar-refractivity contribution in [3.63, 3.8) is 0 Å². The highest BCUT2D eigenvalue weighted by Gasteiger charge is 2.30. The SMILES string of the molecule is O=C(Cl)C1(O)C=CC=CC1. The first-order chi connectivity index (χ1) is 4.65. The summed E-state index contributed by atoms with van der Waals surface area (Å²) in [6.45, 7) is 0. The Balaban J connectivity index is 2.80. The van der Waals surface area contributed by atoms with E-state index in [-0.39, 0.29) is 6.42 Å². The highest BCUT2D eigenvalue weighted by atomic mass is 35.5. The van der Waals surface area contributed by atoms with Gasteiger partial charge in [0.25, 0.3) is 5.24 Å². The molecule has 0 aromatic carbocycles. The lowest BCUT2D eigenvalue weighted by Crippen LogP contribution is -2.33. The largest absolute Gasteiger partial charge is 0.376 e. The van der Waals surface area contributed by atoms with Gasteiger partial charge in [-0.1, -0.05) is 18.2 Å². The second kappa shape index (κ2) is 2.56. The van der Waals surface area contributed by atoms with Crippen LogP contribution in [0.15, 0.2) is 24.3 Å². The molecule has 1 aliphatic carbocycles. The van der Waals surface area contributed by atoms with Crippen molar-refractivity contribution in [2.24, 2.45) is 0 Å². The molecule has 2 nitrogen and oxygen atoms in total. The van der Waals surface area contributed by atoms with Crippen molar-refractivity contribution in [2.75, 3.05) is 0 Å². The Labute approximate surface area is 63.8 Å². The van der Waals surface area contributed by atoms with Gasteiger partial charge in [-0.25, -0.2) is 0 Å². The van der Waals surface area contributed by atoms with Gasteiger partial charge in [-0.3, -0.25) is 4.79 Å². The van der Waals surface area contributed by atoms with E-state index in [0.717, 1.165) is 0 Å². The molecule has 3 heteroatoms. The van der Waals surface area contributed by atoms with Gasteiger partial charge < -0.3 is 5.11 Å². The molecule has 1 aliphatic rings. The van der Waals surface area contributed by atoms with Crippen LogP contribution in [-0.2, 0) is 4.79 Å². The minimum Gasteiger partial charge on any atom is -0.376 e. The summed E-state index contributed by atoms with van der Waals surface area (Å²) in [5, 5.41) is 8.60. The molecule has 10 heavy (non-hydrogen) atoms. The molecule has 1 rings (SSSR count). The summed E-state index contributed by atoms with van der Waals surface area (Å²) >= 11 is 5.12. The molecule has 0 radical (unpaired) electrons. The first-order valence-electron chi connectivity index (χ1n) is 2.92. The summed E-state index contributed by atoms with van der Waals surface area (Å²) < 4.78 is 0. The normalized spacial score (nSPS) is 30.6. The van der Waals surface area contributed by atoms with Gasteiger partial charge in [0.05, 0.1) is 0 Å². The molecule has 0 aromatic rings. The van der Waals surface area contributed by atoms with E-state index in [1.54, 1.807) is 18.2 Å². The molecular formula is C7H7ClO2. The number of hydrogen-bond acceptors (Lipinski definition) is 2. The maximum Gasteiger partial charge on any atom is 0.257 e. The maximum absolute atomic E-state index is 10.6. The van der Waals surface area contributed by atoms with Crippen LogP contribution < -0.4 is 0 Å². The predicted octanol–water partition coefficient (Wildman–Crippen LogP) is 0.999. The minimum atomic E-state index is -1.46. The molecular weight excluding hydrogens is 152 g/mol. The van der Waals surface area contributed by atoms with Crippen LogP contribution in [0.5, 0.6) is 0 Å². The van der Waals surface area contributed by atoms with Crippen LogP contribution in [0.1, 0.15) is 6.42 Å². The quantitative estimate of drug-likeness (QED) is 0.578. The van der Waals surface area contributed by atoms with Crippen LogP contribution in [0.3, 0.4) is 0 Å². The number of rotatable bonds is 1. The van der Waals surface area contributed by atoms with Gasteiger partial charge >= 0.3 is 0 Å². The van der Waals surface area contributed by atoms with E-state index in [2.05, 4.69) is 0 Å². The Bertz CT molecular complexity index is 208. The van der Waals surface area contributed by atoms with Gasteiger partial charge in [0.2, 0.25) is 0 Å². The lowest BCUT2D eigenvalue weighted by molar-refractivity contribution is -0.124. The highest BCUT2D eigenvalue weighted by Crippen LogP contribution is 2.19. The van der Waals surface area contributed by atoms with Crippen molar-refractivity contribution >= 4 is 16.8 Å². The molecule has 0 bridgehead atoms. The zero-order chi connectivity index (χ0) is 7.61. The zero-order valence-corrected chi connectivity index (χ0v) is 6.01. The van der Waals surface area contributed by atoms with E-state index in [1.807, 2.05) is 0 Å². The molecule has 1 unspecified atom stereocenters. The Kier molecular flexibility index (Phi) is 1.92. The van der Waals surface area contributed by atoms with Gasteiger partial charge in [-0.15, -0.1) is 0 Å². The third kappa shape index (κ3) is 1.28. The van der Waals surface area contributed by atoms with E-state index in [4.69, 9.17) is 11.6 Å². The summed E-state index contributed by atoms with van der Waals surface area (Å²) in [5.74, 6) is 0. The molecule has 0 heterocycles. The molecule has 0 aliphatic heterocycles. The first kappa shape index (κ1) is 7.51. The zero-order valence-electron chi connectivity index (χ0n) is 5.25. The Hall–Kier alpha value is -0.600. The molecule has 1 atom stereocenters. The number of halogens is 1. The van der Waals surface area contributed by atoms with Gasteiger partial charge in [0.1, 0.15) is 0 Å². The van der Waals surface area contributed by atoms with Crippen molar-refractivity contribution < 1.29 is 9.90 Å². The van der Waals surface area contributed by atoms with E-state index in [9.17, 15) is 9.90 Å². The molecule has 0 saturated heterocycles. The van der Waals surface area contributed by atoms with Crippen LogP contribution >= 0.6 is 11.6 Å². The molecule has 0 saturated carbocycles. The third-order valence-electron chi connectivity index (χ3n) is 1.39. The maximum atomic E-state index is 10.6. The van der Waals surface area contributed by atoms with Gasteiger partial charge in [0.15, 0.2) is 5.60 Å². The van der Waals surface area contributed by atoms with Crippen LogP contribution in [0.4, 0.5) is 0 Å². The molecule has 54 valence electrons. The lowest BCUT2D eigenvalue weighted by atomic mass is 9.97. The molecule has 0 amide bonds. The number of carbonyl (C=O) groups is 1. The van der Waals surface area contributed by atoms with Crippen LogP contribution in [0.25, 0.3) is 0 Å². The smallest absolute Gasteiger partial charge is 0.257 e. The van der Waals surface area contributed by atoms with Crippen molar-refractivity contribution in [3.05, 3.63) is 24.3 Å². The van der Waals surface area contributed by atoms with E-state index < -0.39 is 10.8 Å². The predicted molar refractivity (Wildman–Crippen MR) is 38.7 cm³/mol. The standard InChI is InChI=1S/C7H7ClO2/c8-6(9)7(10)4-2-1-3-5-7/h1-4,10H,5H2. The fourth-order valence-corrected chi connectivity index (χ4v) is 0.895. The van der Waals surface area contributed by atoms with Crippen molar-refractivity contribution in [1.29, 1.82) is 0 Å². The van der Waals surface area contributed by atoms with Crippen molar-refractivity contribution in [3.8, 4) is 0 Å². The molecule has 0 spiro atoms. The average Bonchev–Trinajstić information content (AvgIpc) is 1.89. The van der Waals surface area contributed by atoms with Crippen molar-refractivity contribution in [2.45, 2.75) is 12.0 Å². The van der Waals surface area contributed by atoms with Crippen molar-refractivity contribution in [1.82, 2.24) is 0 Å². The van der Waals surface area contributed by atoms with E-state index >= 15 is 0 Å². The monoisotopic (exact) mass is 158 g/mol. The van der Waals surface area contributed by atoms with Crippen LogP contribution in [0, 0.1) is 0 Å². The Morgan fingerprint density at radius 3 is 2.60 bits per heavy atom. The summed E-state index contributed by atoms with van der Waals surface area (Å²) in [4.78, 5) is 10.6. The van der Waals surface area contributed by atoms with Gasteiger partial charge in [-0.2, -0.15) is 0 Å². The van der Waals surface area contributed by atoms with E-state index in [0.29, 0.717) is 0 Å². The Morgan fingerprint density at radius 2 is 2.30 bits per heavy atom. The minimum absolute atomic E-state index is 0.270. The summed E-state index contributed by atoms with van der Waals surface area (Å²) in [7, 11) is 0. The topological polar surface area (TPSA) is 37.3 Å². The third-order valence-corrected chi connectivity index (χ3v) is 1.72. The molecule has 0 aromatic heterocycles. The number of carbonyl (C=O) groups excluding carboxylic acids is 1. The van der Waals surface area contributed by atoms with Crippen LogP contribution in [0.2, 0.25) is 0 Å². The number of aliphatic hydroxyl groups is 1. The second-order valence-electron chi connectivity index (χ2n) is 2.19. The second-order valence-corrected chi connectivity index (χ2v) is 2.53. The molecule has 1 N–H and O–H groups in total. The fraction of sp³-hybridized carbons (Fsp3) is 0.286. The first-order valence-corrected chi connectivity index (χ1v) is 3.30. The number of allylic oxidation sites excluding steroid dienone is 2.